The number of carbonyl (C=O) groups is 2. The molecule has 1 aliphatic rings. The summed E-state index contributed by atoms with van der Waals surface area (Å²) in [6.45, 7) is 1.77. The summed E-state index contributed by atoms with van der Waals surface area (Å²) in [6, 6.07) is 0. The molecule has 0 spiro atoms. The second-order valence-corrected chi connectivity index (χ2v) is 3.12. The summed E-state index contributed by atoms with van der Waals surface area (Å²) in [7, 11) is 1.26. The van der Waals surface area contributed by atoms with E-state index in [0.717, 1.165) is 0 Å². The minimum absolute atomic E-state index is 0.103. The Labute approximate surface area is 75.6 Å². The van der Waals surface area contributed by atoms with Crippen molar-refractivity contribution in [3.8, 4) is 0 Å². The molecule has 0 aromatic heterocycles. The molecule has 1 heterocycles. The molecular formula is C8H12O5. The lowest BCUT2D eigenvalue weighted by molar-refractivity contribution is -0.160. The molecule has 0 bridgehead atoms. The lowest BCUT2D eigenvalue weighted by atomic mass is 10.0. The molecule has 3 atom stereocenters. The highest BCUT2D eigenvalue weighted by atomic mass is 16.6. The predicted molar refractivity (Wildman–Crippen MR) is 42.1 cm³/mol. The van der Waals surface area contributed by atoms with Gasteiger partial charge in [0.05, 0.1) is 7.11 Å². The molecule has 0 aliphatic carbocycles. The second kappa shape index (κ2) is 3.74. The molecule has 5 nitrogen and oxygen atoms in total. The summed E-state index contributed by atoms with van der Waals surface area (Å²) in [5, 5.41) is 8.63. The number of carboxylic acid groups (broad SMARTS) is 1. The van der Waals surface area contributed by atoms with E-state index in [4.69, 9.17) is 9.84 Å². The molecule has 0 unspecified atom stereocenters. The molecule has 1 N–H and O–H groups in total. The van der Waals surface area contributed by atoms with Gasteiger partial charge >= 0.3 is 11.9 Å². The van der Waals surface area contributed by atoms with Gasteiger partial charge in [0, 0.05) is 0 Å². The number of carboxylic acids is 1. The number of carbonyl (C=O) groups excluding carboxylic acids is 1. The highest BCUT2D eigenvalue weighted by Crippen LogP contribution is 2.26. The Morgan fingerprint density at radius 2 is 2.15 bits per heavy atom. The van der Waals surface area contributed by atoms with Crippen LogP contribution >= 0.6 is 0 Å². The van der Waals surface area contributed by atoms with Crippen LogP contribution in [-0.2, 0) is 19.1 Å². The summed E-state index contributed by atoms with van der Waals surface area (Å²) in [5.41, 5.74) is 0. The van der Waals surface area contributed by atoms with Gasteiger partial charge in [-0.15, -0.1) is 0 Å². The van der Waals surface area contributed by atoms with Gasteiger partial charge in [0.25, 0.3) is 0 Å². The van der Waals surface area contributed by atoms with Crippen molar-refractivity contribution in [2.45, 2.75) is 25.6 Å². The standard InChI is InChI=1S/C8H12O5/c1-4-3-5(7(9)10)13-6(4)8(11)12-2/h4-6H,3H2,1-2H3,(H,9,10)/t4-,5-,6-/m0/s1. The van der Waals surface area contributed by atoms with Crippen molar-refractivity contribution in [3.05, 3.63) is 0 Å². The van der Waals surface area contributed by atoms with Crippen molar-refractivity contribution in [1.82, 2.24) is 0 Å². The summed E-state index contributed by atoms with van der Waals surface area (Å²) in [4.78, 5) is 21.6. The fourth-order valence-corrected chi connectivity index (χ4v) is 1.39. The molecule has 13 heavy (non-hydrogen) atoms. The first-order valence-electron chi connectivity index (χ1n) is 4.02. The minimum Gasteiger partial charge on any atom is -0.479 e. The number of methoxy groups -OCH3 is 1. The molecule has 74 valence electrons. The first-order chi connectivity index (χ1) is 6.06. The van der Waals surface area contributed by atoms with Crippen LogP contribution in [0, 0.1) is 5.92 Å². The third kappa shape index (κ3) is 1.98. The van der Waals surface area contributed by atoms with Gasteiger partial charge in [0.15, 0.2) is 12.2 Å². The Morgan fingerprint density at radius 3 is 2.54 bits per heavy atom. The number of aliphatic carboxylic acids is 1. The molecule has 5 heteroatoms. The highest BCUT2D eigenvalue weighted by Gasteiger charge is 2.40. The number of hydrogen-bond acceptors (Lipinski definition) is 4. The Morgan fingerprint density at radius 1 is 1.54 bits per heavy atom. The molecule has 1 saturated heterocycles. The zero-order chi connectivity index (χ0) is 10.0. The lowest BCUT2D eigenvalue weighted by Crippen LogP contribution is -2.28. The molecular weight excluding hydrogens is 176 g/mol. The van der Waals surface area contributed by atoms with Crippen LogP contribution in [0.25, 0.3) is 0 Å². The van der Waals surface area contributed by atoms with Gasteiger partial charge in [-0.2, -0.15) is 0 Å². The maximum Gasteiger partial charge on any atom is 0.335 e. The molecule has 1 rings (SSSR count). The Kier molecular flexibility index (Phi) is 2.87. The first-order valence-corrected chi connectivity index (χ1v) is 4.02. The zero-order valence-electron chi connectivity index (χ0n) is 7.52. The zero-order valence-corrected chi connectivity index (χ0v) is 7.52. The first kappa shape index (κ1) is 9.98. The number of rotatable bonds is 2. The van der Waals surface area contributed by atoms with Gasteiger partial charge in [-0.05, 0) is 12.3 Å². The van der Waals surface area contributed by atoms with Crippen LogP contribution in [0.4, 0.5) is 0 Å². The third-order valence-electron chi connectivity index (χ3n) is 2.12. The fraction of sp³-hybridized carbons (Fsp3) is 0.750. The minimum atomic E-state index is -1.03. The summed E-state index contributed by atoms with van der Waals surface area (Å²) >= 11 is 0. The average Bonchev–Trinajstić information content (AvgIpc) is 2.46. The molecule has 0 aromatic carbocycles. The summed E-state index contributed by atoms with van der Waals surface area (Å²) in [6.07, 6.45) is -1.25. The molecule has 0 radical (unpaired) electrons. The van der Waals surface area contributed by atoms with Gasteiger partial charge in [0.1, 0.15) is 0 Å². The maximum atomic E-state index is 11.1. The highest BCUT2D eigenvalue weighted by molar-refractivity contribution is 5.78. The fourth-order valence-electron chi connectivity index (χ4n) is 1.39. The van der Waals surface area contributed by atoms with Gasteiger partial charge in [-0.3, -0.25) is 0 Å². The van der Waals surface area contributed by atoms with E-state index in [1.54, 1.807) is 6.92 Å². The Hall–Kier alpha value is -1.10. The number of hydrogen-bond donors (Lipinski definition) is 1. The molecule has 0 aromatic rings. The third-order valence-corrected chi connectivity index (χ3v) is 2.12. The smallest absolute Gasteiger partial charge is 0.335 e. The van der Waals surface area contributed by atoms with Gasteiger partial charge in [-0.1, -0.05) is 6.92 Å². The monoisotopic (exact) mass is 188 g/mol. The van der Waals surface area contributed by atoms with E-state index in [9.17, 15) is 9.59 Å². The van der Waals surface area contributed by atoms with Crippen LogP contribution < -0.4 is 0 Å². The quantitative estimate of drug-likeness (QED) is 0.619. The van der Waals surface area contributed by atoms with E-state index in [-0.39, 0.29) is 5.92 Å². The summed E-state index contributed by atoms with van der Waals surface area (Å²) in [5.74, 6) is -1.64. The maximum absolute atomic E-state index is 11.1. The number of esters is 1. The van der Waals surface area contributed by atoms with Crippen molar-refractivity contribution < 1.29 is 24.2 Å². The topological polar surface area (TPSA) is 72.8 Å². The van der Waals surface area contributed by atoms with Crippen LogP contribution in [0.15, 0.2) is 0 Å². The molecule has 1 aliphatic heterocycles. The van der Waals surface area contributed by atoms with Crippen LogP contribution in [0.1, 0.15) is 13.3 Å². The number of ether oxygens (including phenoxy) is 2. The van der Waals surface area contributed by atoms with E-state index in [1.807, 2.05) is 0 Å². The van der Waals surface area contributed by atoms with Crippen molar-refractivity contribution in [2.75, 3.05) is 7.11 Å². The van der Waals surface area contributed by atoms with Gasteiger partial charge < -0.3 is 14.6 Å². The van der Waals surface area contributed by atoms with Crippen LogP contribution in [-0.4, -0.2) is 36.4 Å². The van der Waals surface area contributed by atoms with E-state index >= 15 is 0 Å². The average molecular weight is 188 g/mol. The summed E-state index contributed by atoms with van der Waals surface area (Å²) < 4.78 is 9.49. The van der Waals surface area contributed by atoms with Crippen molar-refractivity contribution in [1.29, 1.82) is 0 Å². The Bertz CT molecular complexity index is 225. The van der Waals surface area contributed by atoms with E-state index < -0.39 is 24.1 Å². The van der Waals surface area contributed by atoms with Crippen LogP contribution in [0.5, 0.6) is 0 Å². The molecule has 1 fully saturated rings. The van der Waals surface area contributed by atoms with Crippen molar-refractivity contribution >= 4 is 11.9 Å². The molecule has 0 amide bonds. The SMILES string of the molecule is COC(=O)[C@H]1O[C@H](C(=O)O)C[C@@H]1C. The second-order valence-electron chi connectivity index (χ2n) is 3.12. The van der Waals surface area contributed by atoms with E-state index in [2.05, 4.69) is 4.74 Å². The molecule has 0 saturated carbocycles. The van der Waals surface area contributed by atoms with E-state index in [1.165, 1.54) is 7.11 Å². The van der Waals surface area contributed by atoms with Crippen LogP contribution in [0.3, 0.4) is 0 Å². The van der Waals surface area contributed by atoms with Gasteiger partial charge in [-0.25, -0.2) is 9.59 Å². The van der Waals surface area contributed by atoms with Crippen LogP contribution in [0.2, 0.25) is 0 Å². The lowest BCUT2D eigenvalue weighted by Gasteiger charge is -2.11. The van der Waals surface area contributed by atoms with Gasteiger partial charge in [0.2, 0.25) is 0 Å². The van der Waals surface area contributed by atoms with E-state index in [0.29, 0.717) is 6.42 Å². The van der Waals surface area contributed by atoms with Crippen molar-refractivity contribution in [2.24, 2.45) is 5.92 Å². The largest absolute Gasteiger partial charge is 0.479 e. The normalized spacial score (nSPS) is 32.9. The predicted octanol–water partition coefficient (Wildman–Crippen LogP) is 0.0376. The Balaban J connectivity index is 2.61. The van der Waals surface area contributed by atoms with Crippen molar-refractivity contribution in [3.63, 3.8) is 0 Å².